The van der Waals surface area contributed by atoms with E-state index < -0.39 is 0 Å². The first-order valence-corrected chi connectivity index (χ1v) is 9.34. The van der Waals surface area contributed by atoms with Crippen molar-refractivity contribution in [1.82, 2.24) is 9.78 Å². The summed E-state index contributed by atoms with van der Waals surface area (Å²) in [4.78, 5) is 12.5. The molecule has 0 aliphatic carbocycles. The molecule has 0 amide bonds. The molecule has 0 saturated heterocycles. The maximum absolute atomic E-state index is 12.5. The summed E-state index contributed by atoms with van der Waals surface area (Å²) in [7, 11) is 0. The van der Waals surface area contributed by atoms with Crippen LogP contribution in [0.1, 0.15) is 21.5 Å². The monoisotopic (exact) mass is 380 g/mol. The van der Waals surface area contributed by atoms with E-state index in [-0.39, 0.29) is 17.1 Å². The molecule has 29 heavy (non-hydrogen) atoms. The molecule has 0 aliphatic heterocycles. The van der Waals surface area contributed by atoms with Crippen molar-refractivity contribution in [3.63, 3.8) is 0 Å². The van der Waals surface area contributed by atoms with Gasteiger partial charge in [-0.05, 0) is 43.3 Å². The van der Waals surface area contributed by atoms with Crippen LogP contribution < -0.4 is 0 Å². The van der Waals surface area contributed by atoms with Crippen molar-refractivity contribution in [2.45, 2.75) is 6.92 Å². The minimum Gasteiger partial charge on any atom is -0.507 e. The summed E-state index contributed by atoms with van der Waals surface area (Å²) >= 11 is 0. The lowest BCUT2D eigenvalue weighted by Crippen LogP contribution is -1.94. The van der Waals surface area contributed by atoms with E-state index >= 15 is 0 Å². The minimum atomic E-state index is -0.259. The predicted molar refractivity (Wildman–Crippen MR) is 115 cm³/mol. The Hall–Kier alpha value is -3.92. The van der Waals surface area contributed by atoms with Crippen molar-refractivity contribution in [1.29, 1.82) is 0 Å². The van der Waals surface area contributed by atoms with Crippen LogP contribution in [0.25, 0.3) is 23.0 Å². The number of phenols is 1. The fourth-order valence-corrected chi connectivity index (χ4v) is 3.10. The Labute approximate surface area is 169 Å². The molecule has 4 nitrogen and oxygen atoms in total. The molecule has 4 rings (SSSR count). The topological polar surface area (TPSA) is 55.1 Å². The number of aryl methyl sites for hydroxylation is 1. The lowest BCUT2D eigenvalue weighted by molar-refractivity contribution is 0.104. The van der Waals surface area contributed by atoms with E-state index in [0.717, 1.165) is 22.5 Å². The quantitative estimate of drug-likeness (QED) is 0.370. The number of hydrogen-bond donors (Lipinski definition) is 1. The third kappa shape index (κ3) is 4.01. The standard InChI is InChI=1S/C25H20N2O2/c1-18-11-13-19(14-12-18)25-20(17-27(26-25)21-7-3-2-4-8-21)15-16-24(29)22-9-5-6-10-23(22)28/h2-17,28H,1H3/b16-15+. The molecule has 1 aromatic heterocycles. The minimum absolute atomic E-state index is 0.0270. The van der Waals surface area contributed by atoms with Crippen LogP contribution in [0.15, 0.2) is 91.1 Å². The highest BCUT2D eigenvalue weighted by molar-refractivity contribution is 6.08. The molecule has 0 bridgehead atoms. The lowest BCUT2D eigenvalue weighted by atomic mass is 10.0. The van der Waals surface area contributed by atoms with E-state index in [0.29, 0.717) is 0 Å². The molecule has 0 unspecified atom stereocenters. The predicted octanol–water partition coefficient (Wildman–Crippen LogP) is 5.45. The molecule has 0 saturated carbocycles. The van der Waals surface area contributed by atoms with Gasteiger partial charge in [-0.15, -0.1) is 0 Å². The fraction of sp³-hybridized carbons (Fsp3) is 0.0400. The number of nitrogens with zero attached hydrogens (tertiary/aromatic N) is 2. The molecule has 0 atom stereocenters. The second kappa shape index (κ2) is 7.98. The third-order valence-electron chi connectivity index (χ3n) is 4.67. The van der Waals surface area contributed by atoms with E-state index in [1.165, 1.54) is 17.7 Å². The van der Waals surface area contributed by atoms with Gasteiger partial charge in [0.1, 0.15) is 5.75 Å². The van der Waals surface area contributed by atoms with Crippen LogP contribution in [0, 0.1) is 6.92 Å². The smallest absolute Gasteiger partial charge is 0.189 e. The highest BCUT2D eigenvalue weighted by Crippen LogP contribution is 2.26. The van der Waals surface area contributed by atoms with Gasteiger partial charge in [0.15, 0.2) is 5.78 Å². The van der Waals surface area contributed by atoms with E-state index in [2.05, 4.69) is 0 Å². The molecule has 0 aliphatic rings. The van der Waals surface area contributed by atoms with Gasteiger partial charge in [-0.2, -0.15) is 5.10 Å². The van der Waals surface area contributed by atoms with E-state index in [1.54, 1.807) is 29.0 Å². The van der Waals surface area contributed by atoms with Gasteiger partial charge in [0.25, 0.3) is 0 Å². The van der Waals surface area contributed by atoms with Gasteiger partial charge >= 0.3 is 0 Å². The highest BCUT2D eigenvalue weighted by atomic mass is 16.3. The van der Waals surface area contributed by atoms with Crippen LogP contribution >= 0.6 is 0 Å². The van der Waals surface area contributed by atoms with Gasteiger partial charge in [0.05, 0.1) is 16.9 Å². The average Bonchev–Trinajstić information content (AvgIpc) is 3.18. The van der Waals surface area contributed by atoms with Crippen molar-refractivity contribution in [2.24, 2.45) is 0 Å². The van der Waals surface area contributed by atoms with Gasteiger partial charge in [-0.25, -0.2) is 4.68 Å². The Morgan fingerprint density at radius 2 is 1.62 bits per heavy atom. The summed E-state index contributed by atoms with van der Waals surface area (Å²) in [5, 5.41) is 14.7. The summed E-state index contributed by atoms with van der Waals surface area (Å²) in [5.41, 5.74) is 4.96. The Kier molecular flexibility index (Phi) is 5.08. The zero-order chi connectivity index (χ0) is 20.2. The van der Waals surface area contributed by atoms with Crippen LogP contribution in [0.3, 0.4) is 0 Å². The van der Waals surface area contributed by atoms with Gasteiger partial charge in [0.2, 0.25) is 0 Å². The van der Waals surface area contributed by atoms with Crippen molar-refractivity contribution >= 4 is 11.9 Å². The normalized spacial score (nSPS) is 11.1. The molecule has 0 fully saturated rings. The van der Waals surface area contributed by atoms with Gasteiger partial charge in [0, 0.05) is 17.3 Å². The second-order valence-corrected chi connectivity index (χ2v) is 6.79. The Morgan fingerprint density at radius 1 is 0.931 bits per heavy atom. The first-order valence-electron chi connectivity index (χ1n) is 9.34. The lowest BCUT2D eigenvalue weighted by Gasteiger charge is -2.01. The molecular formula is C25H20N2O2. The SMILES string of the molecule is Cc1ccc(-c2nn(-c3ccccc3)cc2/C=C/C(=O)c2ccccc2O)cc1. The highest BCUT2D eigenvalue weighted by Gasteiger charge is 2.12. The van der Waals surface area contributed by atoms with Crippen LogP contribution in [0.4, 0.5) is 0 Å². The maximum Gasteiger partial charge on any atom is 0.189 e. The number of ketones is 1. The van der Waals surface area contributed by atoms with Crippen LogP contribution in [-0.2, 0) is 0 Å². The van der Waals surface area contributed by atoms with Crippen LogP contribution in [-0.4, -0.2) is 20.7 Å². The van der Waals surface area contributed by atoms with Crippen molar-refractivity contribution < 1.29 is 9.90 Å². The zero-order valence-corrected chi connectivity index (χ0v) is 16.0. The van der Waals surface area contributed by atoms with Crippen molar-refractivity contribution in [3.05, 3.63) is 108 Å². The fourth-order valence-electron chi connectivity index (χ4n) is 3.10. The number of hydrogen-bond acceptors (Lipinski definition) is 3. The molecule has 1 heterocycles. The summed E-state index contributed by atoms with van der Waals surface area (Å²) < 4.78 is 1.80. The largest absolute Gasteiger partial charge is 0.507 e. The number of benzene rings is 3. The number of para-hydroxylation sites is 2. The molecular weight excluding hydrogens is 360 g/mol. The number of carbonyl (C=O) groups is 1. The van der Waals surface area contributed by atoms with Gasteiger partial charge in [-0.3, -0.25) is 4.79 Å². The number of allylic oxidation sites excluding steroid dienone is 1. The number of rotatable bonds is 5. The zero-order valence-electron chi connectivity index (χ0n) is 16.0. The third-order valence-corrected chi connectivity index (χ3v) is 4.67. The Bertz CT molecular complexity index is 1170. The molecule has 4 heteroatoms. The second-order valence-electron chi connectivity index (χ2n) is 6.79. The van der Waals surface area contributed by atoms with Crippen LogP contribution in [0.5, 0.6) is 5.75 Å². The Morgan fingerprint density at radius 3 is 2.34 bits per heavy atom. The average molecular weight is 380 g/mol. The summed E-state index contributed by atoms with van der Waals surface area (Å²) in [5.74, 6) is -0.286. The van der Waals surface area contributed by atoms with Crippen LogP contribution in [0.2, 0.25) is 0 Å². The molecule has 4 aromatic rings. The van der Waals surface area contributed by atoms with Crippen molar-refractivity contribution in [3.8, 4) is 22.7 Å². The molecule has 142 valence electrons. The summed E-state index contributed by atoms with van der Waals surface area (Å²) in [6.45, 7) is 2.04. The Balaban J connectivity index is 1.75. The molecule has 0 spiro atoms. The van der Waals surface area contributed by atoms with Gasteiger partial charge < -0.3 is 5.11 Å². The number of carbonyl (C=O) groups excluding carboxylic acids is 1. The molecule has 0 radical (unpaired) electrons. The number of phenolic OH excluding ortho intramolecular Hbond substituents is 1. The van der Waals surface area contributed by atoms with E-state index in [9.17, 15) is 9.90 Å². The first kappa shape index (κ1) is 18.4. The molecule has 1 N–H and O–H groups in total. The number of aromatic hydroxyl groups is 1. The number of aromatic nitrogens is 2. The van der Waals surface area contributed by atoms with Crippen molar-refractivity contribution in [2.75, 3.05) is 0 Å². The summed E-state index contributed by atoms with van der Waals surface area (Å²) in [6, 6.07) is 24.5. The summed E-state index contributed by atoms with van der Waals surface area (Å²) in [6.07, 6.45) is 5.12. The maximum atomic E-state index is 12.5. The van der Waals surface area contributed by atoms with Gasteiger partial charge in [-0.1, -0.05) is 60.2 Å². The molecule has 3 aromatic carbocycles. The van der Waals surface area contributed by atoms with E-state index in [1.807, 2.05) is 67.7 Å². The van der Waals surface area contributed by atoms with E-state index in [4.69, 9.17) is 5.10 Å². The first-order chi connectivity index (χ1) is 14.1.